The molecule has 0 spiro atoms. The number of rotatable bonds is 10. The maximum Gasteiger partial charge on any atom is 0.423 e. The van der Waals surface area contributed by atoms with Crippen molar-refractivity contribution >= 4 is 55.8 Å². The molecule has 3 atom stereocenters. The van der Waals surface area contributed by atoms with Crippen LogP contribution in [0, 0.1) is 0 Å². The largest absolute Gasteiger partial charge is 0.423 e. The Labute approximate surface area is 159 Å². The maximum absolute atomic E-state index is 12.0. The molecule has 0 aliphatic carbocycles. The Kier molecular flexibility index (Phi) is 10.9. The van der Waals surface area contributed by atoms with Crippen LogP contribution < -0.4 is 0 Å². The van der Waals surface area contributed by atoms with Crippen LogP contribution in [0.2, 0.25) is 0 Å². The van der Waals surface area contributed by atoms with Gasteiger partial charge >= 0.3 is 23.9 Å². The molecular formula is C15H26O6S3. The molecule has 0 saturated heterocycles. The lowest BCUT2D eigenvalue weighted by molar-refractivity contribution is -0.331. The van der Waals surface area contributed by atoms with E-state index in [4.69, 9.17) is 14.2 Å². The van der Waals surface area contributed by atoms with Gasteiger partial charge in [-0.05, 0) is 0 Å². The van der Waals surface area contributed by atoms with Gasteiger partial charge in [0, 0.05) is 15.7 Å². The third kappa shape index (κ3) is 10.4. The monoisotopic (exact) mass is 398 g/mol. The minimum atomic E-state index is -2.08. The van der Waals surface area contributed by atoms with Gasteiger partial charge in [0.05, 0.1) is 25.7 Å². The molecule has 9 heteroatoms. The molecule has 0 rings (SSSR count). The second-order valence-corrected chi connectivity index (χ2v) is 8.26. The second-order valence-electron chi connectivity index (χ2n) is 5.62. The summed E-state index contributed by atoms with van der Waals surface area (Å²) in [6.45, 7) is 6.70. The fraction of sp³-hybridized carbons (Fsp3) is 0.800. The molecule has 0 fully saturated rings. The molecule has 6 nitrogen and oxygen atoms in total. The van der Waals surface area contributed by atoms with E-state index < -0.39 is 23.9 Å². The van der Waals surface area contributed by atoms with E-state index in [1.54, 1.807) is 27.7 Å². The van der Waals surface area contributed by atoms with Crippen molar-refractivity contribution in [1.29, 1.82) is 0 Å². The molecular weight excluding hydrogens is 372 g/mol. The van der Waals surface area contributed by atoms with Crippen LogP contribution in [0.15, 0.2) is 0 Å². The van der Waals surface area contributed by atoms with Crippen molar-refractivity contribution in [3.05, 3.63) is 0 Å². The molecule has 0 aliphatic heterocycles. The Morgan fingerprint density at radius 1 is 0.750 bits per heavy atom. The number of thiol groups is 3. The fourth-order valence-electron chi connectivity index (χ4n) is 1.65. The summed E-state index contributed by atoms with van der Waals surface area (Å²) in [5.74, 6) is -4.13. The highest BCUT2D eigenvalue weighted by Gasteiger charge is 2.42. The summed E-state index contributed by atoms with van der Waals surface area (Å²) in [6.07, 6.45) is -0.108. The van der Waals surface area contributed by atoms with Crippen molar-refractivity contribution in [2.75, 3.05) is 0 Å². The highest BCUT2D eigenvalue weighted by Crippen LogP contribution is 2.24. The first-order valence-corrected chi connectivity index (χ1v) is 9.24. The Morgan fingerprint density at radius 2 is 1.00 bits per heavy atom. The van der Waals surface area contributed by atoms with Gasteiger partial charge in [-0.2, -0.15) is 37.9 Å². The Morgan fingerprint density at radius 3 is 1.17 bits per heavy atom. The molecule has 0 saturated carbocycles. The van der Waals surface area contributed by atoms with E-state index in [0.717, 1.165) is 0 Å². The summed E-state index contributed by atoms with van der Waals surface area (Å²) >= 11 is 12.3. The number of esters is 3. The fourth-order valence-corrected chi connectivity index (χ4v) is 2.10. The molecule has 0 aromatic rings. The lowest BCUT2D eigenvalue weighted by Crippen LogP contribution is -2.44. The van der Waals surface area contributed by atoms with E-state index in [2.05, 4.69) is 37.9 Å². The zero-order valence-corrected chi connectivity index (χ0v) is 17.0. The van der Waals surface area contributed by atoms with Gasteiger partial charge in [0.1, 0.15) is 0 Å². The highest BCUT2D eigenvalue weighted by atomic mass is 32.1. The van der Waals surface area contributed by atoms with Crippen LogP contribution >= 0.6 is 37.9 Å². The molecule has 140 valence electrons. The van der Waals surface area contributed by atoms with Gasteiger partial charge in [0.15, 0.2) is 0 Å². The normalized spacial score (nSPS) is 17.1. The number of hydrogen-bond donors (Lipinski definition) is 3. The first-order chi connectivity index (χ1) is 11.0. The van der Waals surface area contributed by atoms with Crippen molar-refractivity contribution < 1.29 is 28.6 Å². The van der Waals surface area contributed by atoms with E-state index in [0.29, 0.717) is 0 Å². The summed E-state index contributed by atoms with van der Waals surface area (Å²) in [6, 6.07) is 0. The van der Waals surface area contributed by atoms with Crippen LogP contribution in [0.3, 0.4) is 0 Å². The Bertz CT molecular complexity index is 377. The molecule has 0 N–H and O–H groups in total. The van der Waals surface area contributed by atoms with E-state index in [1.165, 1.54) is 0 Å². The highest BCUT2D eigenvalue weighted by molar-refractivity contribution is 7.81. The van der Waals surface area contributed by atoms with Crippen molar-refractivity contribution in [2.24, 2.45) is 0 Å². The van der Waals surface area contributed by atoms with E-state index in [9.17, 15) is 14.4 Å². The molecule has 0 bridgehead atoms. The topological polar surface area (TPSA) is 78.9 Å². The molecule has 0 aliphatic rings. The lowest BCUT2D eigenvalue weighted by atomic mass is 10.3. The van der Waals surface area contributed by atoms with Crippen LogP contribution in [0.5, 0.6) is 0 Å². The first-order valence-electron chi connectivity index (χ1n) is 7.69. The summed E-state index contributed by atoms with van der Waals surface area (Å²) in [4.78, 5) is 35.9. The first kappa shape index (κ1) is 23.5. The average molecular weight is 399 g/mol. The van der Waals surface area contributed by atoms with Crippen molar-refractivity contribution in [3.8, 4) is 0 Å². The third-order valence-corrected chi connectivity index (χ3v) is 3.17. The van der Waals surface area contributed by atoms with Crippen LogP contribution in [0.1, 0.15) is 53.4 Å². The minimum Gasteiger partial charge on any atom is -0.388 e. The Hall–Kier alpha value is -0.540. The minimum absolute atomic E-state index is 0.0219. The van der Waals surface area contributed by atoms with Gasteiger partial charge in [0.25, 0.3) is 0 Å². The van der Waals surface area contributed by atoms with Crippen molar-refractivity contribution in [3.63, 3.8) is 0 Å². The summed E-state index contributed by atoms with van der Waals surface area (Å²) in [7, 11) is 0. The third-order valence-electron chi connectivity index (χ3n) is 2.63. The van der Waals surface area contributed by atoms with Crippen molar-refractivity contribution in [1.82, 2.24) is 0 Å². The van der Waals surface area contributed by atoms with Gasteiger partial charge in [-0.15, -0.1) is 0 Å². The zero-order chi connectivity index (χ0) is 18.9. The van der Waals surface area contributed by atoms with Crippen LogP contribution in [0.4, 0.5) is 0 Å². The number of carbonyl (C=O) groups excluding carboxylic acids is 3. The number of hydrogen-bond acceptors (Lipinski definition) is 9. The van der Waals surface area contributed by atoms with Gasteiger partial charge in [-0.25, -0.2) is 0 Å². The predicted molar refractivity (Wildman–Crippen MR) is 100 cm³/mol. The standard InChI is InChI=1S/C15H26O6S3/c1-5-15(19-12(16)6-9(2)22,20-13(17)7-10(3)23)21-14(18)8-11(4)24/h9-11,22-24H,5-8H2,1-4H3. The molecule has 0 aromatic heterocycles. The molecule has 0 amide bonds. The van der Waals surface area contributed by atoms with Gasteiger partial charge in [-0.1, -0.05) is 27.7 Å². The van der Waals surface area contributed by atoms with Gasteiger partial charge in [0.2, 0.25) is 0 Å². The number of carbonyl (C=O) groups is 3. The summed E-state index contributed by atoms with van der Waals surface area (Å²) < 4.78 is 15.5. The smallest absolute Gasteiger partial charge is 0.388 e. The SMILES string of the molecule is CCC(OC(=O)CC(C)S)(OC(=O)CC(C)S)OC(=O)CC(C)S. The Balaban J connectivity index is 5.22. The zero-order valence-electron chi connectivity index (χ0n) is 14.4. The van der Waals surface area contributed by atoms with Crippen LogP contribution in [-0.2, 0) is 28.6 Å². The lowest BCUT2D eigenvalue weighted by Gasteiger charge is -2.31. The quantitative estimate of drug-likeness (QED) is 0.298. The van der Waals surface area contributed by atoms with Gasteiger partial charge in [-0.3, -0.25) is 14.4 Å². The predicted octanol–water partition coefficient (Wildman–Crippen LogP) is 2.81. The molecule has 0 radical (unpaired) electrons. The average Bonchev–Trinajstić information content (AvgIpc) is 2.34. The van der Waals surface area contributed by atoms with E-state index in [1.807, 2.05) is 0 Å². The summed E-state index contributed by atoms with van der Waals surface area (Å²) in [5.41, 5.74) is 0. The molecule has 24 heavy (non-hydrogen) atoms. The maximum atomic E-state index is 12.0. The molecule has 0 heterocycles. The number of ether oxygens (including phenoxy) is 3. The molecule has 0 aromatic carbocycles. The van der Waals surface area contributed by atoms with Crippen LogP contribution in [-0.4, -0.2) is 39.6 Å². The summed E-state index contributed by atoms with van der Waals surface area (Å²) in [5, 5.41) is -0.768. The van der Waals surface area contributed by atoms with Crippen LogP contribution in [0.25, 0.3) is 0 Å². The van der Waals surface area contributed by atoms with E-state index >= 15 is 0 Å². The van der Waals surface area contributed by atoms with E-state index in [-0.39, 0.29) is 41.4 Å². The molecule has 3 unspecified atom stereocenters. The second kappa shape index (κ2) is 11.1. The van der Waals surface area contributed by atoms with Crippen molar-refractivity contribution in [2.45, 2.75) is 75.1 Å². The van der Waals surface area contributed by atoms with Gasteiger partial charge < -0.3 is 14.2 Å².